The molecule has 0 aromatic heterocycles. The van der Waals surface area contributed by atoms with Crippen LogP contribution >= 0.6 is 0 Å². The van der Waals surface area contributed by atoms with Crippen molar-refractivity contribution in [3.63, 3.8) is 0 Å². The highest BCUT2D eigenvalue weighted by atomic mass is 32.2. The molecule has 42 heteroatoms. The van der Waals surface area contributed by atoms with Crippen LogP contribution in [-0.4, -0.2) is 192 Å². The van der Waals surface area contributed by atoms with Crippen molar-refractivity contribution in [1.82, 2.24) is 0 Å². The van der Waals surface area contributed by atoms with E-state index in [0.29, 0.717) is 33.4 Å². The summed E-state index contributed by atoms with van der Waals surface area (Å²) in [5, 5.41) is 13.3. The van der Waals surface area contributed by atoms with E-state index in [4.69, 9.17) is 34.4 Å². The first-order valence-corrected chi connectivity index (χ1v) is 44.8. The lowest BCUT2D eigenvalue weighted by atomic mass is 9.98. The SMILES string of the molecule is NC(=O)C1CC[NH2+]CC1.NC(=O)C1CC[NH2+]CC1.NC(=O)C1CC[NH2+]CC1.NC(=O)C1CC[NH2+]CC1.NC(=O)C1CC[NH2+]CC1.NC(=O)C1CC[NH2+]CC1.O=S(=O)([O-])c1ccc(-c2ccc(S(=O)(=O)[O-])cc2)cc1.O=S(=O)([O-])c1ccc(-c2ccc(S(=O)(=O)[O-])cc2)cc1.O=S(=O)([O-])c1ccc(-c2ccc(S(=O)(=O)[O-])cc2)cc1. The van der Waals surface area contributed by atoms with Crippen LogP contribution in [0.25, 0.3) is 33.4 Å². The first-order valence-electron chi connectivity index (χ1n) is 36.4. The number of benzene rings is 6. The lowest BCUT2D eigenvalue weighted by Gasteiger charge is -2.16. The van der Waals surface area contributed by atoms with Gasteiger partial charge in [-0.05, 0) is 106 Å². The fourth-order valence-corrected chi connectivity index (χ4v) is 15.0. The molecule has 6 saturated heterocycles. The first kappa shape index (κ1) is 97.7. The van der Waals surface area contributed by atoms with Crippen LogP contribution in [0.1, 0.15) is 77.0 Å². The zero-order valence-corrected chi connectivity index (χ0v) is 67.4. The van der Waals surface area contributed by atoms with E-state index in [-0.39, 0.29) is 100 Å². The molecule has 12 rings (SSSR count). The zero-order chi connectivity index (χ0) is 85.0. The molecule has 0 radical (unpaired) electrons. The summed E-state index contributed by atoms with van der Waals surface area (Å²) in [4.78, 5) is 61.3. The van der Waals surface area contributed by atoms with E-state index in [0.717, 1.165) is 228 Å². The van der Waals surface area contributed by atoms with Crippen LogP contribution < -0.4 is 66.3 Å². The van der Waals surface area contributed by atoms with E-state index in [1.165, 1.54) is 72.8 Å². The van der Waals surface area contributed by atoms with Crippen molar-refractivity contribution in [1.29, 1.82) is 0 Å². The summed E-state index contributed by atoms with van der Waals surface area (Å²) in [6.45, 7) is 12.8. The van der Waals surface area contributed by atoms with Gasteiger partial charge in [-0.3, -0.25) is 28.8 Å². The number of piperidine rings is 6. The Labute approximate surface area is 664 Å². The summed E-state index contributed by atoms with van der Waals surface area (Å²) in [5.74, 6) is 0.239. The minimum Gasteiger partial charge on any atom is -0.744 e. The number of rotatable bonds is 15. The van der Waals surface area contributed by atoms with Gasteiger partial charge in [-0.15, -0.1) is 0 Å². The highest BCUT2D eigenvalue weighted by molar-refractivity contribution is 7.87. The molecule has 36 nitrogen and oxygen atoms in total. The van der Waals surface area contributed by atoms with Crippen LogP contribution in [0.5, 0.6) is 0 Å². The van der Waals surface area contributed by atoms with Crippen LogP contribution in [-0.2, 0) is 89.5 Å². The summed E-state index contributed by atoms with van der Waals surface area (Å²) in [7, 11) is -27.0. The van der Waals surface area contributed by atoms with Crippen LogP contribution in [0.15, 0.2) is 175 Å². The van der Waals surface area contributed by atoms with Crippen molar-refractivity contribution >= 4 is 96.2 Å². The minimum absolute atomic E-state index is 0.122. The van der Waals surface area contributed by atoms with Crippen molar-refractivity contribution in [3.8, 4) is 33.4 Å². The number of carbonyl (C=O) groups excluding carboxylic acids is 6. The van der Waals surface area contributed by atoms with Crippen LogP contribution in [0, 0.1) is 35.5 Å². The summed E-state index contributed by atoms with van der Waals surface area (Å²) in [6, 6.07) is 31.0. The number of primary amides is 6. The molecule has 0 atom stereocenters. The van der Waals surface area contributed by atoms with E-state index in [1.54, 1.807) is 0 Å². The summed E-state index contributed by atoms with van der Waals surface area (Å²) < 4.78 is 194. The van der Waals surface area contributed by atoms with Crippen molar-refractivity contribution in [3.05, 3.63) is 146 Å². The number of nitrogens with two attached hydrogens (primary N) is 12. The maximum Gasteiger partial charge on any atom is 0.220 e. The molecule has 6 aliphatic rings. The molecule has 6 heterocycles. The Kier molecular flexibility index (Phi) is 40.6. The number of amides is 6. The maximum absolute atomic E-state index is 10.8. The Bertz CT molecular complexity index is 3990. The minimum atomic E-state index is -4.50. The summed E-state index contributed by atoms with van der Waals surface area (Å²) in [5.41, 5.74) is 34.2. The molecule has 6 amide bonds. The Hall–Kier alpha value is -8.64. The van der Waals surface area contributed by atoms with E-state index < -0.39 is 60.7 Å². The average molecular weight is 1710 g/mol. The molecule has 630 valence electrons. The van der Waals surface area contributed by atoms with Gasteiger partial charge in [0.05, 0.1) is 108 Å². The molecule has 0 bridgehead atoms. The van der Waals surface area contributed by atoms with Gasteiger partial charge in [-0.2, -0.15) is 0 Å². The molecule has 0 aliphatic carbocycles. The highest BCUT2D eigenvalue weighted by Crippen LogP contribution is 2.27. The second kappa shape index (κ2) is 47.4. The lowest BCUT2D eigenvalue weighted by Crippen LogP contribution is -2.86. The molecule has 0 saturated carbocycles. The van der Waals surface area contributed by atoms with Gasteiger partial charge in [0.2, 0.25) is 35.4 Å². The zero-order valence-electron chi connectivity index (χ0n) is 62.5. The van der Waals surface area contributed by atoms with Gasteiger partial charge >= 0.3 is 0 Å². The number of carbonyl (C=O) groups is 6. The third-order valence-electron chi connectivity index (χ3n) is 18.9. The third kappa shape index (κ3) is 36.9. The fourth-order valence-electron chi connectivity index (χ4n) is 12.2. The maximum atomic E-state index is 10.8. The van der Waals surface area contributed by atoms with Crippen molar-refractivity contribution in [2.45, 2.75) is 106 Å². The molecule has 6 aromatic carbocycles. The van der Waals surface area contributed by atoms with E-state index in [1.807, 2.05) is 0 Å². The van der Waals surface area contributed by atoms with Crippen molar-refractivity contribution in [2.75, 3.05) is 78.5 Å². The van der Waals surface area contributed by atoms with Gasteiger partial charge < -0.3 is 93.6 Å². The largest absolute Gasteiger partial charge is 0.744 e. The Balaban J connectivity index is 0.000000277. The van der Waals surface area contributed by atoms with Gasteiger partial charge in [0.1, 0.15) is 60.7 Å². The van der Waals surface area contributed by atoms with Gasteiger partial charge in [-0.25, -0.2) is 50.5 Å². The van der Waals surface area contributed by atoms with E-state index >= 15 is 0 Å². The van der Waals surface area contributed by atoms with Gasteiger partial charge in [0.25, 0.3) is 0 Å². The monoisotopic (exact) mass is 1710 g/mol. The molecule has 6 aliphatic heterocycles. The smallest absolute Gasteiger partial charge is 0.220 e. The van der Waals surface area contributed by atoms with Crippen molar-refractivity contribution < 1.29 is 138 Å². The van der Waals surface area contributed by atoms with Gasteiger partial charge in [0, 0.05) is 113 Å². The second-order valence-corrected chi connectivity index (χ2v) is 35.4. The van der Waals surface area contributed by atoms with Crippen LogP contribution in [0.2, 0.25) is 0 Å². The highest BCUT2D eigenvalue weighted by Gasteiger charge is 2.24. The van der Waals surface area contributed by atoms with Gasteiger partial charge in [-0.1, -0.05) is 72.8 Å². The van der Waals surface area contributed by atoms with E-state index in [2.05, 4.69) is 31.9 Å². The first-order chi connectivity index (χ1) is 53.4. The Morgan fingerprint density at radius 2 is 0.289 bits per heavy atom. The third-order valence-corrected chi connectivity index (χ3v) is 24.0. The molecular formula is C72H102N12O24S6. The Morgan fingerprint density at radius 1 is 0.202 bits per heavy atom. The Morgan fingerprint density at radius 3 is 0.351 bits per heavy atom. The normalized spacial score (nSPS) is 16.8. The quantitative estimate of drug-likeness (QED) is 0.0426. The second-order valence-electron chi connectivity index (χ2n) is 27.1. The number of hydrogen-bond acceptors (Lipinski definition) is 24. The molecule has 6 aromatic rings. The fraction of sp³-hybridized carbons (Fsp3) is 0.417. The van der Waals surface area contributed by atoms with Crippen LogP contribution in [0.3, 0.4) is 0 Å². The number of quaternary nitrogens is 6. The standard InChI is InChI=1S/3C12H10O6S2.6C6H12N2O/c3*13-19(14,15)11-5-1-9(2-6-11)10-3-7-12(8-4-10)20(16,17)18;6*7-6(9)5-1-3-8-4-2-5/h3*1-8H,(H,13,14,15)(H,16,17,18);6*5,8H,1-4H2,(H2,7,9). The number of hydrogen-bond donors (Lipinski definition) is 12. The molecule has 6 fully saturated rings. The molecule has 0 spiro atoms. The van der Waals surface area contributed by atoms with Crippen molar-refractivity contribution in [2.24, 2.45) is 69.9 Å². The van der Waals surface area contributed by atoms with Gasteiger partial charge in [0.15, 0.2) is 0 Å². The molecule has 0 unspecified atom stereocenters. The molecule has 114 heavy (non-hydrogen) atoms. The molecular weight excluding hydrogens is 1610 g/mol. The summed E-state index contributed by atoms with van der Waals surface area (Å²) in [6.07, 6.45) is 11.6. The molecule has 24 N–H and O–H groups in total. The predicted molar refractivity (Wildman–Crippen MR) is 405 cm³/mol. The topological polar surface area (TPSA) is 701 Å². The average Bonchev–Trinajstić information content (AvgIpc) is 0.830. The predicted octanol–water partition coefficient (Wildman–Crippen LogP) is -5.84. The van der Waals surface area contributed by atoms with E-state index in [9.17, 15) is 107 Å². The lowest BCUT2D eigenvalue weighted by molar-refractivity contribution is -0.664. The summed E-state index contributed by atoms with van der Waals surface area (Å²) >= 11 is 0. The van der Waals surface area contributed by atoms with Crippen LogP contribution in [0.4, 0.5) is 0 Å².